The normalized spacial score (nSPS) is 16.8. The van der Waals surface area contributed by atoms with Gasteiger partial charge in [-0.25, -0.2) is 0 Å². The zero-order chi connectivity index (χ0) is 12.7. The highest BCUT2D eigenvalue weighted by molar-refractivity contribution is 6.06. The summed E-state index contributed by atoms with van der Waals surface area (Å²) in [4.78, 5) is 11.0. The summed E-state index contributed by atoms with van der Waals surface area (Å²) in [5, 5.41) is 11.2. The SMILES string of the molecule is CCOC1Oc2ccc(C=O)c3c(O)ccc1c23. The van der Waals surface area contributed by atoms with E-state index in [4.69, 9.17) is 9.47 Å². The van der Waals surface area contributed by atoms with Crippen LogP contribution >= 0.6 is 0 Å². The van der Waals surface area contributed by atoms with Crippen molar-refractivity contribution in [2.45, 2.75) is 13.2 Å². The Kier molecular flexibility index (Phi) is 2.45. The first-order valence-electron chi connectivity index (χ1n) is 5.78. The van der Waals surface area contributed by atoms with Crippen LogP contribution in [0.25, 0.3) is 10.8 Å². The zero-order valence-electron chi connectivity index (χ0n) is 9.84. The van der Waals surface area contributed by atoms with Crippen molar-refractivity contribution >= 4 is 17.1 Å². The summed E-state index contributed by atoms with van der Waals surface area (Å²) in [5.41, 5.74) is 1.30. The van der Waals surface area contributed by atoms with Gasteiger partial charge in [0.1, 0.15) is 11.5 Å². The Morgan fingerprint density at radius 1 is 1.33 bits per heavy atom. The third-order valence-electron chi connectivity index (χ3n) is 3.10. The van der Waals surface area contributed by atoms with Crippen molar-refractivity contribution in [3.63, 3.8) is 0 Å². The topological polar surface area (TPSA) is 55.8 Å². The van der Waals surface area contributed by atoms with Crippen LogP contribution in [0.1, 0.15) is 29.1 Å². The summed E-state index contributed by atoms with van der Waals surface area (Å²) in [6.07, 6.45) is 0.270. The Hall–Kier alpha value is -2.07. The van der Waals surface area contributed by atoms with Crippen LogP contribution in [0.4, 0.5) is 0 Å². The van der Waals surface area contributed by atoms with Gasteiger partial charge >= 0.3 is 0 Å². The molecule has 0 saturated heterocycles. The smallest absolute Gasteiger partial charge is 0.227 e. The molecule has 18 heavy (non-hydrogen) atoms. The highest BCUT2D eigenvalue weighted by Gasteiger charge is 2.28. The van der Waals surface area contributed by atoms with E-state index in [0.29, 0.717) is 23.3 Å². The molecule has 3 rings (SSSR count). The number of phenols is 1. The van der Waals surface area contributed by atoms with Crippen molar-refractivity contribution in [1.29, 1.82) is 0 Å². The second kappa shape index (κ2) is 3.99. The molecule has 0 saturated carbocycles. The molecule has 1 N–H and O–H groups in total. The molecular weight excluding hydrogens is 232 g/mol. The largest absolute Gasteiger partial charge is 0.507 e. The van der Waals surface area contributed by atoms with Gasteiger partial charge in [0.05, 0.1) is 0 Å². The summed E-state index contributed by atoms with van der Waals surface area (Å²) in [6.45, 7) is 2.42. The molecule has 0 radical (unpaired) electrons. The molecule has 1 atom stereocenters. The van der Waals surface area contributed by atoms with E-state index in [9.17, 15) is 9.90 Å². The van der Waals surface area contributed by atoms with E-state index in [1.54, 1.807) is 24.3 Å². The average Bonchev–Trinajstić information content (AvgIpc) is 2.73. The summed E-state index contributed by atoms with van der Waals surface area (Å²) >= 11 is 0. The Morgan fingerprint density at radius 2 is 2.17 bits per heavy atom. The van der Waals surface area contributed by atoms with Crippen LogP contribution in [-0.2, 0) is 4.74 Å². The number of aromatic hydroxyl groups is 1. The first kappa shape index (κ1) is 11.0. The molecule has 2 aromatic rings. The highest BCUT2D eigenvalue weighted by Crippen LogP contribution is 2.45. The molecule has 1 heterocycles. The maximum absolute atomic E-state index is 11.0. The van der Waals surface area contributed by atoms with E-state index in [1.807, 2.05) is 6.92 Å². The molecule has 92 valence electrons. The Balaban J connectivity index is 2.33. The third-order valence-corrected chi connectivity index (χ3v) is 3.10. The highest BCUT2D eigenvalue weighted by atomic mass is 16.7. The van der Waals surface area contributed by atoms with Gasteiger partial charge in [-0.15, -0.1) is 0 Å². The van der Waals surface area contributed by atoms with E-state index >= 15 is 0 Å². The predicted octanol–water partition coefficient (Wildman–Crippen LogP) is 2.79. The maximum Gasteiger partial charge on any atom is 0.227 e. The summed E-state index contributed by atoms with van der Waals surface area (Å²) in [5.74, 6) is 0.721. The van der Waals surface area contributed by atoms with Crippen LogP contribution in [0.2, 0.25) is 0 Å². The lowest BCUT2D eigenvalue weighted by atomic mass is 10.00. The molecule has 0 amide bonds. The summed E-state index contributed by atoms with van der Waals surface area (Å²) in [7, 11) is 0. The Labute approximate surface area is 104 Å². The van der Waals surface area contributed by atoms with Gasteiger partial charge in [-0.05, 0) is 31.2 Å². The fraction of sp³-hybridized carbons (Fsp3) is 0.214. The molecule has 0 aromatic heterocycles. The molecule has 2 aromatic carbocycles. The monoisotopic (exact) mass is 244 g/mol. The lowest BCUT2D eigenvalue weighted by molar-refractivity contribution is -0.0703. The molecule has 1 aliphatic rings. The van der Waals surface area contributed by atoms with Crippen molar-refractivity contribution in [2.75, 3.05) is 6.61 Å². The van der Waals surface area contributed by atoms with Crippen molar-refractivity contribution in [1.82, 2.24) is 0 Å². The van der Waals surface area contributed by atoms with Crippen LogP contribution in [0.5, 0.6) is 11.5 Å². The van der Waals surface area contributed by atoms with E-state index in [0.717, 1.165) is 17.2 Å². The van der Waals surface area contributed by atoms with Crippen molar-refractivity contribution in [2.24, 2.45) is 0 Å². The van der Waals surface area contributed by atoms with E-state index < -0.39 is 6.29 Å². The number of benzene rings is 2. The van der Waals surface area contributed by atoms with Gasteiger partial charge < -0.3 is 14.6 Å². The van der Waals surface area contributed by atoms with Crippen LogP contribution < -0.4 is 4.74 Å². The minimum atomic E-state index is -0.463. The van der Waals surface area contributed by atoms with Gasteiger partial charge in [-0.3, -0.25) is 4.79 Å². The van der Waals surface area contributed by atoms with Crippen LogP contribution in [0, 0.1) is 0 Å². The number of aldehydes is 1. The van der Waals surface area contributed by atoms with Crippen molar-refractivity contribution in [3.05, 3.63) is 35.4 Å². The van der Waals surface area contributed by atoms with Gasteiger partial charge in [-0.2, -0.15) is 0 Å². The van der Waals surface area contributed by atoms with E-state index in [1.165, 1.54) is 0 Å². The lowest BCUT2D eigenvalue weighted by Gasteiger charge is -2.11. The standard InChI is InChI=1S/C14H12O4/c1-2-17-14-9-4-5-10(16)12-8(7-15)3-6-11(18-14)13(9)12/h3-7,14,16H,2H2,1H3. The third kappa shape index (κ3) is 1.39. The van der Waals surface area contributed by atoms with Gasteiger partial charge in [-0.1, -0.05) is 0 Å². The fourth-order valence-electron chi connectivity index (χ4n) is 2.34. The molecular formula is C14H12O4. The van der Waals surface area contributed by atoms with Gasteiger partial charge in [0, 0.05) is 28.5 Å². The van der Waals surface area contributed by atoms with Crippen LogP contribution in [0.3, 0.4) is 0 Å². The number of carbonyl (C=O) groups is 1. The summed E-state index contributed by atoms with van der Waals surface area (Å²) in [6, 6.07) is 6.70. The molecule has 0 bridgehead atoms. The molecule has 0 fully saturated rings. The maximum atomic E-state index is 11.0. The minimum absolute atomic E-state index is 0.0819. The van der Waals surface area contributed by atoms with Crippen molar-refractivity contribution < 1.29 is 19.4 Å². The van der Waals surface area contributed by atoms with Crippen LogP contribution in [-0.4, -0.2) is 18.0 Å². The zero-order valence-corrected chi connectivity index (χ0v) is 9.84. The predicted molar refractivity (Wildman–Crippen MR) is 66.0 cm³/mol. The molecule has 0 spiro atoms. The summed E-state index contributed by atoms with van der Waals surface area (Å²) < 4.78 is 11.2. The number of phenolic OH excluding ortho intramolecular Hbond substituents is 1. The molecule has 4 nitrogen and oxygen atoms in total. The Bertz CT molecular complexity index is 633. The van der Waals surface area contributed by atoms with Gasteiger partial charge in [0.25, 0.3) is 0 Å². The number of hydrogen-bond acceptors (Lipinski definition) is 4. The number of hydrogen-bond donors (Lipinski definition) is 1. The first-order chi connectivity index (χ1) is 8.76. The average molecular weight is 244 g/mol. The Morgan fingerprint density at radius 3 is 2.89 bits per heavy atom. The van der Waals surface area contributed by atoms with Crippen molar-refractivity contribution in [3.8, 4) is 11.5 Å². The quantitative estimate of drug-likeness (QED) is 0.843. The van der Waals surface area contributed by atoms with Gasteiger partial charge in [0.2, 0.25) is 6.29 Å². The second-order valence-electron chi connectivity index (χ2n) is 4.10. The van der Waals surface area contributed by atoms with E-state index in [-0.39, 0.29) is 5.75 Å². The lowest BCUT2D eigenvalue weighted by Crippen LogP contribution is -2.06. The van der Waals surface area contributed by atoms with Crippen LogP contribution in [0.15, 0.2) is 24.3 Å². The first-order valence-corrected chi connectivity index (χ1v) is 5.78. The number of ether oxygens (including phenoxy) is 2. The number of rotatable bonds is 3. The number of carbonyl (C=O) groups excluding carboxylic acids is 1. The second-order valence-corrected chi connectivity index (χ2v) is 4.10. The molecule has 0 aliphatic carbocycles. The minimum Gasteiger partial charge on any atom is -0.507 e. The molecule has 4 heteroatoms. The molecule has 1 aliphatic heterocycles. The molecule has 1 unspecified atom stereocenters. The van der Waals surface area contributed by atoms with Gasteiger partial charge in [0.15, 0.2) is 6.29 Å². The fourth-order valence-corrected chi connectivity index (χ4v) is 2.34. The van der Waals surface area contributed by atoms with E-state index in [2.05, 4.69) is 0 Å².